The van der Waals surface area contributed by atoms with Crippen molar-refractivity contribution in [3.63, 3.8) is 0 Å². The minimum atomic E-state index is -0.628. The van der Waals surface area contributed by atoms with Crippen molar-refractivity contribution in [1.29, 1.82) is 0 Å². The van der Waals surface area contributed by atoms with Crippen LogP contribution < -0.4 is 30.4 Å². The first-order valence-corrected chi connectivity index (χ1v) is 21.7. The van der Waals surface area contributed by atoms with Crippen molar-refractivity contribution in [2.24, 2.45) is 0 Å². The Labute approximate surface area is 381 Å². The summed E-state index contributed by atoms with van der Waals surface area (Å²) in [5.74, 6) is 0. The summed E-state index contributed by atoms with van der Waals surface area (Å²) in [4.78, 5) is 6.93. The van der Waals surface area contributed by atoms with Gasteiger partial charge in [-0.1, -0.05) is 153 Å². The molecule has 0 bridgehead atoms. The highest BCUT2D eigenvalue weighted by Gasteiger charge is 2.46. The Kier molecular flexibility index (Phi) is 6.85. The Morgan fingerprint density at radius 1 is 0.492 bits per heavy atom. The monoisotopic (exact) mass is 821 g/mol. The highest BCUT2D eigenvalue weighted by Crippen LogP contribution is 2.50. The molecule has 5 heteroatoms. The van der Waals surface area contributed by atoms with E-state index in [1.165, 1.54) is 15.3 Å². The van der Waals surface area contributed by atoms with Crippen LogP contribution in [0.25, 0.3) is 10.8 Å². The number of hydrogen-bond donors (Lipinski definition) is 0. The summed E-state index contributed by atoms with van der Waals surface area (Å²) in [6, 6.07) is 29.7. The first-order valence-electron chi connectivity index (χ1n) is 25.9. The van der Waals surface area contributed by atoms with Crippen LogP contribution in [-0.2, 0) is 16.2 Å². The van der Waals surface area contributed by atoms with Crippen LogP contribution in [-0.4, -0.2) is 6.71 Å². The van der Waals surface area contributed by atoms with Gasteiger partial charge in [0.25, 0.3) is 6.71 Å². The molecule has 10 rings (SSSR count). The molecule has 0 fully saturated rings. The maximum Gasteiger partial charge on any atom is 0.264 e. The Balaban J connectivity index is 1.41. The molecule has 0 unspecified atom stereocenters. The molecule has 7 aromatic carbocycles. The van der Waals surface area contributed by atoms with Crippen LogP contribution in [0.15, 0.2) is 164 Å². The van der Waals surface area contributed by atoms with Gasteiger partial charge in [0.1, 0.15) is 0 Å². The van der Waals surface area contributed by atoms with Crippen LogP contribution in [0.2, 0.25) is 0 Å². The number of hydrogen-bond acceptors (Lipinski definition) is 4. The van der Waals surface area contributed by atoms with E-state index in [-0.39, 0.29) is 40.0 Å². The second-order valence-electron chi connectivity index (χ2n) is 19.2. The van der Waals surface area contributed by atoms with Gasteiger partial charge < -0.3 is 14.7 Å². The van der Waals surface area contributed by atoms with E-state index in [1.54, 1.807) is 11.3 Å². The fraction of sp³-hybridized carbons (Fsp3) is 0.214. The van der Waals surface area contributed by atoms with Crippen LogP contribution in [0.1, 0.15) is 92.0 Å². The van der Waals surface area contributed by atoms with E-state index in [0.29, 0.717) is 5.69 Å². The molecule has 8 aromatic rings. The normalized spacial score (nSPS) is 15.9. The molecule has 1 aromatic heterocycles. The summed E-state index contributed by atoms with van der Waals surface area (Å²) in [7, 11) is 0. The second kappa shape index (κ2) is 14.3. The molecule has 0 saturated carbocycles. The van der Waals surface area contributed by atoms with Gasteiger partial charge in [0, 0.05) is 49.5 Å². The van der Waals surface area contributed by atoms with E-state index >= 15 is 0 Å². The molecule has 0 amide bonds. The lowest BCUT2D eigenvalue weighted by atomic mass is 9.36. The van der Waals surface area contributed by atoms with Gasteiger partial charge >= 0.3 is 0 Å². The topological polar surface area (TPSA) is 9.72 Å². The molecule has 3 nitrogen and oxygen atoms in total. The van der Waals surface area contributed by atoms with Gasteiger partial charge in [0.15, 0.2) is 0 Å². The van der Waals surface area contributed by atoms with Gasteiger partial charge in [0.2, 0.25) is 0 Å². The average molecular weight is 822 g/mol. The first kappa shape index (κ1) is 29.3. The summed E-state index contributed by atoms with van der Waals surface area (Å²) in [5.41, 5.74) is 8.34. The smallest absolute Gasteiger partial charge is 0.264 e. The Morgan fingerprint density at radius 2 is 1.05 bits per heavy atom. The number of anilines is 9. The van der Waals surface area contributed by atoms with E-state index in [9.17, 15) is 5.48 Å². The quantitative estimate of drug-likeness (QED) is 0.160. The van der Waals surface area contributed by atoms with Crippen molar-refractivity contribution in [2.75, 3.05) is 14.7 Å². The van der Waals surface area contributed by atoms with E-state index in [0.717, 1.165) is 60.5 Å². The molecule has 0 aliphatic carbocycles. The third kappa shape index (κ3) is 6.75. The van der Waals surface area contributed by atoms with Crippen LogP contribution in [0.5, 0.6) is 0 Å². The van der Waals surface area contributed by atoms with Gasteiger partial charge in [-0.25, -0.2) is 0 Å². The van der Waals surface area contributed by atoms with Crippen molar-refractivity contribution in [1.82, 2.24) is 0 Å². The number of rotatable bonds is 5. The van der Waals surface area contributed by atoms with Crippen LogP contribution in [0.3, 0.4) is 0 Å². The molecule has 302 valence electrons. The summed E-state index contributed by atoms with van der Waals surface area (Å²) in [6.45, 7) is 19.5. The Bertz CT molecular complexity index is 3410. The van der Waals surface area contributed by atoms with E-state index in [4.69, 9.17) is 8.22 Å². The highest BCUT2D eigenvalue weighted by molar-refractivity contribution is 7.29. The maximum absolute atomic E-state index is 9.42. The highest BCUT2D eigenvalue weighted by atomic mass is 32.1. The van der Waals surface area contributed by atoms with Gasteiger partial charge in [-0.05, 0) is 122 Å². The van der Waals surface area contributed by atoms with Crippen molar-refractivity contribution >= 4 is 95.7 Å². The number of fused-ring (bicyclic) bond motifs is 5. The molecule has 0 saturated heterocycles. The van der Waals surface area contributed by atoms with Crippen molar-refractivity contribution in [2.45, 2.75) is 78.6 Å². The Hall–Kier alpha value is -6.04. The molecule has 0 atom stereocenters. The summed E-state index contributed by atoms with van der Waals surface area (Å²) in [5, 5.41) is 2.08. The predicted octanol–water partition coefficient (Wildman–Crippen LogP) is 14.3. The van der Waals surface area contributed by atoms with Gasteiger partial charge in [-0.3, -0.25) is 0 Å². The largest absolute Gasteiger partial charge is 0.311 e. The lowest BCUT2D eigenvalue weighted by molar-refractivity contribution is 0.590. The molecule has 2 aliphatic heterocycles. The number of para-hydroxylation sites is 2. The van der Waals surface area contributed by atoms with Crippen molar-refractivity contribution in [3.8, 4) is 0 Å². The summed E-state index contributed by atoms with van der Waals surface area (Å²) in [6.07, 6.45) is 0. The van der Waals surface area contributed by atoms with E-state index < -0.39 is 60.4 Å². The predicted molar refractivity (Wildman–Crippen MR) is 267 cm³/mol. The minimum Gasteiger partial charge on any atom is -0.311 e. The minimum absolute atomic E-state index is 0.140. The van der Waals surface area contributed by atoms with Gasteiger partial charge in [0.05, 0.1) is 25.1 Å². The molecule has 61 heavy (non-hydrogen) atoms. The zero-order chi connectivity index (χ0) is 51.1. The van der Waals surface area contributed by atoms with Crippen LogP contribution in [0, 0.1) is 0 Å². The molecule has 0 radical (unpaired) electrons. The number of nitrogens with zero attached hydrogens (tertiary/aromatic N) is 3. The molecular formula is C56H54BN3S. The summed E-state index contributed by atoms with van der Waals surface area (Å²) < 4.78 is 91.6. The zero-order valence-electron chi connectivity index (χ0n) is 46.1. The van der Waals surface area contributed by atoms with E-state index in [2.05, 4.69) is 151 Å². The van der Waals surface area contributed by atoms with Crippen LogP contribution >= 0.6 is 11.3 Å². The first-order chi connectivity index (χ1) is 33.3. The molecule has 0 N–H and O–H groups in total. The second-order valence-corrected chi connectivity index (χ2v) is 20.3. The molecule has 2 aliphatic rings. The van der Waals surface area contributed by atoms with Gasteiger partial charge in [-0.15, -0.1) is 0 Å². The number of benzene rings is 7. The SMILES string of the molecule is [2H]c1c([2H])c([2H])c(N(c2cc3c4c(c2)N(c2ccc5ccccc5c2)c2cc(C(C)(C)C)sc2B4c2cc(C(C)(C)C)ccc2N3c2ccc(C(C)(C)C)cc2)c2c([2H])c([2H])c([2H])c([2H])c2[2H])c([2H])c1[2H]. The van der Waals surface area contributed by atoms with Gasteiger partial charge in [-0.2, -0.15) is 11.3 Å². The average Bonchev–Trinajstić information content (AvgIpc) is 3.78. The van der Waals surface area contributed by atoms with Crippen molar-refractivity contribution < 1.29 is 13.7 Å². The fourth-order valence-corrected chi connectivity index (χ4v) is 10.1. The van der Waals surface area contributed by atoms with E-state index in [1.807, 2.05) is 24.3 Å². The lowest BCUT2D eigenvalue weighted by Crippen LogP contribution is -2.60. The number of thiophene rings is 1. The summed E-state index contributed by atoms with van der Waals surface area (Å²) >= 11 is 1.79. The zero-order valence-corrected chi connectivity index (χ0v) is 37.0. The molecule has 3 heterocycles. The fourth-order valence-electron chi connectivity index (χ4n) is 8.76. The standard InChI is InChI=1S/C56H54BN3S/c1-54(2,3)39-25-29-43(30-26-39)59-47-31-27-40(55(4,5)6)33-46(47)57-52-48(59)34-45(58(41-20-12-10-13-21-41)42-22-14-11-15-23-42)35-49(52)60(50-36-51(56(7,8)9)61-53(50)57)44-28-24-37-18-16-17-19-38(37)32-44/h10-36H,1-9H3/i10D,11D,12D,13D,14D,15D,20D,21D,22D,23D. The lowest BCUT2D eigenvalue weighted by Gasteiger charge is -2.44. The molecule has 0 spiro atoms. The Morgan fingerprint density at radius 3 is 1.64 bits per heavy atom. The third-order valence-electron chi connectivity index (χ3n) is 12.0. The third-order valence-corrected chi connectivity index (χ3v) is 13.6. The maximum atomic E-state index is 9.42. The molecular weight excluding hydrogens is 758 g/mol. The van der Waals surface area contributed by atoms with Crippen molar-refractivity contribution in [3.05, 3.63) is 180 Å². The van der Waals surface area contributed by atoms with Crippen LogP contribution in [0.4, 0.5) is 51.2 Å².